The van der Waals surface area contributed by atoms with Gasteiger partial charge in [0.25, 0.3) is 0 Å². The molecule has 0 saturated carbocycles. The minimum atomic E-state index is -2.96. The van der Waals surface area contributed by atoms with Crippen LogP contribution < -0.4 is 15.0 Å². The second-order valence-electron chi connectivity index (χ2n) is 5.15. The first-order valence-electron chi connectivity index (χ1n) is 6.95. The standard InChI is InChI=1S/C12H21N5O3S/c1-9(2)20-12-15-10(13-3)14-11(16-12)17-5-4-7-21(18,19)8-6-17/h9H,4-8H2,1-3H3,(H,13,14,15,16). The number of nitrogens with zero attached hydrogens (tertiary/aromatic N) is 4. The summed E-state index contributed by atoms with van der Waals surface area (Å²) in [5.41, 5.74) is 0. The molecule has 0 bridgehead atoms. The Balaban J connectivity index is 2.25. The first-order chi connectivity index (χ1) is 9.89. The van der Waals surface area contributed by atoms with Crippen molar-refractivity contribution in [3.63, 3.8) is 0 Å². The van der Waals surface area contributed by atoms with E-state index in [0.717, 1.165) is 0 Å². The highest BCUT2D eigenvalue weighted by atomic mass is 32.2. The number of sulfone groups is 1. The molecule has 2 rings (SSSR count). The number of ether oxygens (including phenoxy) is 1. The van der Waals surface area contributed by atoms with Crippen LogP contribution in [0.2, 0.25) is 0 Å². The van der Waals surface area contributed by atoms with Gasteiger partial charge in [0.05, 0.1) is 17.6 Å². The van der Waals surface area contributed by atoms with Gasteiger partial charge >= 0.3 is 6.01 Å². The molecule has 0 aliphatic carbocycles. The fraction of sp³-hybridized carbons (Fsp3) is 0.750. The molecular formula is C12H21N5O3S. The molecule has 0 radical (unpaired) electrons. The van der Waals surface area contributed by atoms with Crippen LogP contribution in [-0.2, 0) is 9.84 Å². The van der Waals surface area contributed by atoms with Crippen molar-refractivity contribution in [3.8, 4) is 6.01 Å². The van der Waals surface area contributed by atoms with Gasteiger partial charge in [-0.1, -0.05) is 0 Å². The van der Waals surface area contributed by atoms with Gasteiger partial charge in [0, 0.05) is 20.1 Å². The lowest BCUT2D eigenvalue weighted by atomic mass is 10.4. The molecule has 1 saturated heterocycles. The number of anilines is 2. The Kier molecular flexibility index (Phi) is 4.81. The van der Waals surface area contributed by atoms with Crippen molar-refractivity contribution >= 4 is 21.7 Å². The fourth-order valence-corrected chi connectivity index (χ4v) is 3.27. The van der Waals surface area contributed by atoms with Crippen LogP contribution in [-0.4, -0.2) is 61.1 Å². The van der Waals surface area contributed by atoms with E-state index in [1.165, 1.54) is 0 Å². The second-order valence-corrected chi connectivity index (χ2v) is 7.45. The van der Waals surface area contributed by atoms with E-state index in [-0.39, 0.29) is 23.6 Å². The Labute approximate surface area is 124 Å². The molecule has 1 N–H and O–H groups in total. The van der Waals surface area contributed by atoms with Crippen molar-refractivity contribution in [2.45, 2.75) is 26.4 Å². The lowest BCUT2D eigenvalue weighted by molar-refractivity contribution is 0.222. The molecule has 1 aromatic heterocycles. The largest absolute Gasteiger partial charge is 0.461 e. The summed E-state index contributed by atoms with van der Waals surface area (Å²) >= 11 is 0. The lowest BCUT2D eigenvalue weighted by Gasteiger charge is -2.20. The van der Waals surface area contributed by atoms with Crippen LogP contribution in [0.1, 0.15) is 20.3 Å². The van der Waals surface area contributed by atoms with Gasteiger partial charge in [-0.25, -0.2) is 8.42 Å². The molecule has 2 heterocycles. The third-order valence-corrected chi connectivity index (χ3v) is 4.72. The Morgan fingerprint density at radius 3 is 2.62 bits per heavy atom. The van der Waals surface area contributed by atoms with Gasteiger partial charge in [-0.05, 0) is 20.3 Å². The molecule has 0 unspecified atom stereocenters. The van der Waals surface area contributed by atoms with Gasteiger partial charge in [-0.3, -0.25) is 0 Å². The van der Waals surface area contributed by atoms with E-state index in [9.17, 15) is 8.42 Å². The van der Waals surface area contributed by atoms with E-state index in [1.807, 2.05) is 18.7 Å². The zero-order valence-corrected chi connectivity index (χ0v) is 13.4. The number of hydrogen-bond donors (Lipinski definition) is 1. The van der Waals surface area contributed by atoms with Crippen LogP contribution >= 0.6 is 0 Å². The number of nitrogens with one attached hydrogen (secondary N) is 1. The SMILES string of the molecule is CNc1nc(OC(C)C)nc(N2CCCS(=O)(=O)CC2)n1. The Morgan fingerprint density at radius 2 is 1.95 bits per heavy atom. The van der Waals surface area contributed by atoms with Crippen molar-refractivity contribution in [2.75, 3.05) is 41.9 Å². The first-order valence-corrected chi connectivity index (χ1v) is 8.77. The maximum Gasteiger partial charge on any atom is 0.323 e. The van der Waals surface area contributed by atoms with E-state index in [2.05, 4.69) is 20.3 Å². The number of hydrogen-bond acceptors (Lipinski definition) is 8. The highest BCUT2D eigenvalue weighted by Crippen LogP contribution is 2.18. The average Bonchev–Trinajstić information content (AvgIpc) is 2.58. The summed E-state index contributed by atoms with van der Waals surface area (Å²) in [7, 11) is -1.25. The Bertz CT molecular complexity index is 591. The van der Waals surface area contributed by atoms with Crippen LogP contribution in [0.3, 0.4) is 0 Å². The molecule has 0 amide bonds. The zero-order valence-electron chi connectivity index (χ0n) is 12.5. The molecule has 21 heavy (non-hydrogen) atoms. The van der Waals surface area contributed by atoms with Gasteiger partial charge in [0.2, 0.25) is 11.9 Å². The molecule has 1 aliphatic rings. The monoisotopic (exact) mass is 315 g/mol. The summed E-state index contributed by atoms with van der Waals surface area (Å²) in [6, 6.07) is 0.242. The summed E-state index contributed by atoms with van der Waals surface area (Å²) in [6.07, 6.45) is 0.526. The summed E-state index contributed by atoms with van der Waals surface area (Å²) in [5, 5.41) is 2.86. The number of rotatable bonds is 4. The maximum absolute atomic E-state index is 11.7. The van der Waals surface area contributed by atoms with Crippen LogP contribution in [0.25, 0.3) is 0 Å². The van der Waals surface area contributed by atoms with Crippen molar-refractivity contribution in [2.24, 2.45) is 0 Å². The highest BCUT2D eigenvalue weighted by Gasteiger charge is 2.22. The molecule has 118 valence electrons. The molecule has 9 heteroatoms. The molecule has 0 atom stereocenters. The van der Waals surface area contributed by atoms with Crippen molar-refractivity contribution in [1.82, 2.24) is 15.0 Å². The molecular weight excluding hydrogens is 294 g/mol. The topological polar surface area (TPSA) is 97.3 Å². The summed E-state index contributed by atoms with van der Waals surface area (Å²) < 4.78 is 28.8. The second kappa shape index (κ2) is 6.42. The average molecular weight is 315 g/mol. The maximum atomic E-state index is 11.7. The predicted octanol–water partition coefficient (Wildman–Crippen LogP) is 0.325. The van der Waals surface area contributed by atoms with E-state index >= 15 is 0 Å². The van der Waals surface area contributed by atoms with Crippen LogP contribution in [0.15, 0.2) is 0 Å². The van der Waals surface area contributed by atoms with Crippen molar-refractivity contribution in [1.29, 1.82) is 0 Å². The van der Waals surface area contributed by atoms with E-state index < -0.39 is 9.84 Å². The smallest absolute Gasteiger partial charge is 0.323 e. The van der Waals surface area contributed by atoms with Crippen LogP contribution in [0.4, 0.5) is 11.9 Å². The normalized spacial score (nSPS) is 18.4. The molecule has 0 aromatic carbocycles. The summed E-state index contributed by atoms with van der Waals surface area (Å²) in [4.78, 5) is 14.6. The van der Waals surface area contributed by atoms with Gasteiger partial charge < -0.3 is 15.0 Å². The number of aromatic nitrogens is 3. The highest BCUT2D eigenvalue weighted by molar-refractivity contribution is 7.91. The van der Waals surface area contributed by atoms with E-state index in [4.69, 9.17) is 4.74 Å². The summed E-state index contributed by atoms with van der Waals surface area (Å²) in [6.45, 7) is 4.77. The Morgan fingerprint density at radius 1 is 1.19 bits per heavy atom. The lowest BCUT2D eigenvalue weighted by Crippen LogP contribution is -2.29. The quantitative estimate of drug-likeness (QED) is 0.848. The first kappa shape index (κ1) is 15.7. The fourth-order valence-electron chi connectivity index (χ4n) is 2.00. The summed E-state index contributed by atoms with van der Waals surface area (Å²) in [5.74, 6) is 1.18. The van der Waals surface area contributed by atoms with Crippen molar-refractivity contribution in [3.05, 3.63) is 0 Å². The molecule has 1 aromatic rings. The third-order valence-electron chi connectivity index (χ3n) is 3.01. The molecule has 0 spiro atoms. The van der Waals surface area contributed by atoms with Gasteiger partial charge in [-0.15, -0.1) is 0 Å². The van der Waals surface area contributed by atoms with Gasteiger partial charge in [-0.2, -0.15) is 15.0 Å². The molecule has 1 aliphatic heterocycles. The third kappa shape index (κ3) is 4.42. The van der Waals surface area contributed by atoms with E-state index in [1.54, 1.807) is 7.05 Å². The van der Waals surface area contributed by atoms with Crippen LogP contribution in [0.5, 0.6) is 6.01 Å². The Hall–Kier alpha value is -1.64. The van der Waals surface area contributed by atoms with E-state index in [0.29, 0.717) is 31.4 Å². The van der Waals surface area contributed by atoms with Gasteiger partial charge in [0.15, 0.2) is 9.84 Å². The van der Waals surface area contributed by atoms with Crippen molar-refractivity contribution < 1.29 is 13.2 Å². The van der Waals surface area contributed by atoms with Crippen LogP contribution in [0, 0.1) is 0 Å². The zero-order chi connectivity index (χ0) is 15.5. The minimum absolute atomic E-state index is 0.0468. The minimum Gasteiger partial charge on any atom is -0.461 e. The molecule has 1 fully saturated rings. The molecule has 8 nitrogen and oxygen atoms in total. The van der Waals surface area contributed by atoms with Gasteiger partial charge in [0.1, 0.15) is 0 Å². The predicted molar refractivity (Wildman–Crippen MR) is 80.6 cm³/mol.